The van der Waals surface area contributed by atoms with E-state index in [4.69, 9.17) is 4.74 Å². The van der Waals surface area contributed by atoms with Gasteiger partial charge in [-0.1, -0.05) is 0 Å². The zero-order valence-corrected chi connectivity index (χ0v) is 27.0. The lowest BCUT2D eigenvalue weighted by molar-refractivity contribution is -0.0660. The summed E-state index contributed by atoms with van der Waals surface area (Å²) >= 11 is 0. The Kier molecular flexibility index (Phi) is 6.98. The first-order valence-corrected chi connectivity index (χ1v) is 17.0. The minimum atomic E-state index is -0.225. The Morgan fingerprint density at radius 1 is 0.958 bits per heavy atom. The molecule has 0 aromatic carbocycles. The Bertz CT molecular complexity index is 1990. The average molecular weight is 647 g/mol. The molecule has 4 aromatic heterocycles. The molecule has 7 heterocycles. The van der Waals surface area contributed by atoms with Crippen molar-refractivity contribution in [2.45, 2.75) is 43.7 Å². The van der Waals surface area contributed by atoms with Gasteiger partial charge in [-0.3, -0.25) is 24.2 Å². The van der Waals surface area contributed by atoms with Crippen molar-refractivity contribution in [1.82, 2.24) is 24.0 Å². The summed E-state index contributed by atoms with van der Waals surface area (Å²) in [5.41, 5.74) is 6.08. The summed E-state index contributed by atoms with van der Waals surface area (Å²) in [4.78, 5) is 55.4. The Balaban J connectivity index is 0.967. The van der Waals surface area contributed by atoms with Crippen LogP contribution in [0.1, 0.15) is 63.2 Å². The fraction of sp³-hybridized carbons (Fsp3) is 0.417. The van der Waals surface area contributed by atoms with E-state index in [2.05, 4.69) is 35.7 Å². The van der Waals surface area contributed by atoms with Crippen molar-refractivity contribution in [1.29, 1.82) is 0 Å². The number of amides is 1. The monoisotopic (exact) mass is 646 g/mol. The molecule has 4 aromatic rings. The molecule has 0 spiro atoms. The first-order valence-electron chi connectivity index (χ1n) is 17.0. The topological polar surface area (TPSA) is 118 Å². The number of nitrogens with zero attached hydrogens (tertiary/aromatic N) is 7. The third-order valence-electron chi connectivity index (χ3n) is 11.1. The van der Waals surface area contributed by atoms with Crippen LogP contribution in [0.4, 0.5) is 23.0 Å². The van der Waals surface area contributed by atoms with E-state index in [9.17, 15) is 14.4 Å². The van der Waals surface area contributed by atoms with Crippen molar-refractivity contribution in [2.24, 2.45) is 7.05 Å². The molecule has 1 N–H and O–H groups in total. The second kappa shape index (κ2) is 11.4. The first-order chi connectivity index (χ1) is 23.5. The summed E-state index contributed by atoms with van der Waals surface area (Å²) in [7, 11) is 1.68. The first kappa shape index (κ1) is 29.3. The molecule has 3 fully saturated rings. The minimum absolute atomic E-state index is 0.130. The molecule has 3 aliphatic heterocycles. The summed E-state index contributed by atoms with van der Waals surface area (Å²) in [6.07, 6.45) is 9.52. The van der Waals surface area contributed by atoms with Crippen molar-refractivity contribution in [3.63, 3.8) is 0 Å². The third-order valence-corrected chi connectivity index (χ3v) is 11.1. The number of pyridine rings is 3. The molecule has 1 amide bonds. The van der Waals surface area contributed by atoms with E-state index in [1.54, 1.807) is 36.5 Å². The number of aromatic nitrogens is 4. The largest absolute Gasteiger partial charge is 0.378 e. The van der Waals surface area contributed by atoms with Gasteiger partial charge in [0.2, 0.25) is 0 Å². The highest BCUT2D eigenvalue weighted by molar-refractivity contribution is 6.09. The lowest BCUT2D eigenvalue weighted by atomic mass is 9.98. The fourth-order valence-electron chi connectivity index (χ4n) is 8.50. The number of anilines is 4. The maximum atomic E-state index is 13.9. The van der Waals surface area contributed by atoms with E-state index < -0.39 is 0 Å². The van der Waals surface area contributed by atoms with Crippen molar-refractivity contribution in [2.75, 3.05) is 61.1 Å². The van der Waals surface area contributed by atoms with Crippen LogP contribution in [0.3, 0.4) is 0 Å². The second-order valence-corrected chi connectivity index (χ2v) is 13.7. The molecule has 246 valence electrons. The number of rotatable bonds is 7. The van der Waals surface area contributed by atoms with Gasteiger partial charge < -0.3 is 24.1 Å². The molecular weight excluding hydrogens is 608 g/mol. The zero-order valence-electron chi connectivity index (χ0n) is 27.0. The van der Waals surface area contributed by atoms with E-state index in [0.29, 0.717) is 70.7 Å². The highest BCUT2D eigenvalue weighted by Gasteiger charge is 2.43. The molecule has 2 unspecified atom stereocenters. The summed E-state index contributed by atoms with van der Waals surface area (Å²) in [5.74, 6) is 1.87. The maximum absolute atomic E-state index is 13.9. The number of aryl methyl sites for hydroxylation is 1. The van der Waals surface area contributed by atoms with Crippen LogP contribution in [-0.2, 0) is 18.3 Å². The average Bonchev–Trinajstić information content (AvgIpc) is 3.81. The molecular formula is C36H38N8O4. The number of piperazine rings is 1. The predicted molar refractivity (Wildman–Crippen MR) is 182 cm³/mol. The van der Waals surface area contributed by atoms with E-state index in [-0.39, 0.29) is 11.5 Å². The van der Waals surface area contributed by atoms with Gasteiger partial charge in [0.15, 0.2) is 6.29 Å². The normalized spacial score (nSPS) is 22.1. The van der Waals surface area contributed by atoms with E-state index in [1.807, 2.05) is 18.3 Å². The van der Waals surface area contributed by atoms with Crippen LogP contribution >= 0.6 is 0 Å². The number of nitrogens with one attached hydrogen (secondary N) is 1. The van der Waals surface area contributed by atoms with Gasteiger partial charge in [-0.15, -0.1) is 0 Å². The van der Waals surface area contributed by atoms with Crippen LogP contribution < -0.4 is 20.7 Å². The van der Waals surface area contributed by atoms with E-state index in [0.717, 1.165) is 51.4 Å². The fourth-order valence-corrected chi connectivity index (χ4v) is 8.50. The van der Waals surface area contributed by atoms with Gasteiger partial charge in [0.25, 0.3) is 11.5 Å². The maximum Gasteiger partial charge on any atom is 0.276 e. The van der Waals surface area contributed by atoms with Crippen molar-refractivity contribution in [3.05, 3.63) is 81.8 Å². The van der Waals surface area contributed by atoms with Crippen molar-refractivity contribution >= 4 is 35.2 Å². The van der Waals surface area contributed by atoms with Gasteiger partial charge in [0, 0.05) is 75.9 Å². The third kappa shape index (κ3) is 4.68. The van der Waals surface area contributed by atoms with Gasteiger partial charge in [-0.05, 0) is 66.6 Å². The lowest BCUT2D eigenvalue weighted by Gasteiger charge is -2.43. The van der Waals surface area contributed by atoms with Crippen LogP contribution in [0, 0.1) is 0 Å². The van der Waals surface area contributed by atoms with E-state index in [1.165, 1.54) is 35.1 Å². The van der Waals surface area contributed by atoms with Crippen LogP contribution in [0.25, 0.3) is 11.1 Å². The highest BCUT2D eigenvalue weighted by atomic mass is 16.5. The summed E-state index contributed by atoms with van der Waals surface area (Å²) in [6, 6.07) is 10.0. The van der Waals surface area contributed by atoms with Gasteiger partial charge in [-0.25, -0.2) is 9.97 Å². The molecule has 12 heteroatoms. The van der Waals surface area contributed by atoms with Gasteiger partial charge in [0.1, 0.15) is 23.0 Å². The summed E-state index contributed by atoms with van der Waals surface area (Å²) < 4.78 is 9.05. The minimum Gasteiger partial charge on any atom is -0.378 e. The van der Waals surface area contributed by atoms with E-state index >= 15 is 0 Å². The summed E-state index contributed by atoms with van der Waals surface area (Å²) in [6.45, 7) is 6.63. The van der Waals surface area contributed by atoms with Crippen LogP contribution in [0.2, 0.25) is 0 Å². The predicted octanol–water partition coefficient (Wildman–Crippen LogP) is 3.75. The molecule has 0 radical (unpaired) electrons. The lowest BCUT2D eigenvalue weighted by Crippen LogP contribution is -2.56. The van der Waals surface area contributed by atoms with Gasteiger partial charge in [-0.2, -0.15) is 0 Å². The number of carbonyl (C=O) groups excluding carboxylic acids is 2. The standard InChI is InChI=1S/C36H38N8O4/c1-40-18-24(15-30(35(40)46)39-32-5-4-25(17-38-32)41-8-10-42(11-9-41)26-20-48-21-26)27-6-7-37-34(29(27)19-45)44-13-12-43-31(36(44)47)16-28-22-2-3-23(14-22)33(28)43/h4-7,15-19,22-23,26H,2-3,8-14,20-21H2,1H3,(H,38,39). The molecule has 5 aliphatic rings. The van der Waals surface area contributed by atoms with Crippen molar-refractivity contribution in [3.8, 4) is 11.1 Å². The Morgan fingerprint density at radius 3 is 2.54 bits per heavy atom. The Hall–Kier alpha value is -4.81. The molecule has 2 bridgehead atoms. The van der Waals surface area contributed by atoms with Crippen molar-refractivity contribution < 1.29 is 14.3 Å². The number of aldehydes is 1. The Labute approximate surface area is 277 Å². The quantitative estimate of drug-likeness (QED) is 0.300. The van der Waals surface area contributed by atoms with Crippen LogP contribution in [0.15, 0.2) is 53.7 Å². The molecule has 1 saturated carbocycles. The second-order valence-electron chi connectivity index (χ2n) is 13.7. The molecule has 12 nitrogen and oxygen atoms in total. The SMILES string of the molecule is Cn1cc(-c2ccnc(N3CCn4c(cc5c4C4CCC5C4)C3=O)c2C=O)cc(Nc2ccc(N3CCN(C4COC4)CC3)cn2)c1=O. The number of fused-ring (bicyclic) bond motifs is 7. The molecule has 2 atom stereocenters. The van der Waals surface area contributed by atoms with Gasteiger partial charge >= 0.3 is 0 Å². The zero-order chi connectivity index (χ0) is 32.5. The highest BCUT2D eigenvalue weighted by Crippen LogP contribution is 2.54. The number of hydrogen-bond donors (Lipinski definition) is 1. The number of ether oxygens (including phenoxy) is 1. The van der Waals surface area contributed by atoms with Gasteiger partial charge in [0.05, 0.1) is 36.7 Å². The molecule has 48 heavy (non-hydrogen) atoms. The molecule has 2 aliphatic carbocycles. The Morgan fingerprint density at radius 2 is 1.79 bits per heavy atom. The molecule has 2 saturated heterocycles. The molecule has 9 rings (SSSR count). The number of hydrogen-bond acceptors (Lipinski definition) is 9. The van der Waals surface area contributed by atoms with Crippen LogP contribution in [0.5, 0.6) is 0 Å². The smallest absolute Gasteiger partial charge is 0.276 e. The van der Waals surface area contributed by atoms with Crippen LogP contribution in [-0.4, -0.2) is 88.2 Å². The number of carbonyl (C=O) groups is 2. The summed E-state index contributed by atoms with van der Waals surface area (Å²) in [5, 5.41) is 3.20.